The standard InChI is InChI=1S/C15H32O4Si/c1-15(2,3)20(4,5)19-11-9-13(16)12-18-14-8-6-7-10-17-14/h13-14,16H,6-12H2,1-5H3/t13-,14?/m1/s1. The lowest BCUT2D eigenvalue weighted by Crippen LogP contribution is -2.41. The van der Waals surface area contributed by atoms with Gasteiger partial charge in [0.2, 0.25) is 0 Å². The van der Waals surface area contributed by atoms with Crippen LogP contribution in [0.1, 0.15) is 46.5 Å². The van der Waals surface area contributed by atoms with Crippen LogP contribution in [-0.2, 0) is 13.9 Å². The summed E-state index contributed by atoms with van der Waals surface area (Å²) in [5.41, 5.74) is 0. The number of hydrogen-bond donors (Lipinski definition) is 1. The minimum atomic E-state index is -1.70. The van der Waals surface area contributed by atoms with Crippen molar-refractivity contribution in [2.75, 3.05) is 19.8 Å². The van der Waals surface area contributed by atoms with Crippen molar-refractivity contribution in [2.45, 2.75) is 77.0 Å². The van der Waals surface area contributed by atoms with Gasteiger partial charge < -0.3 is 19.0 Å². The highest BCUT2D eigenvalue weighted by atomic mass is 28.4. The van der Waals surface area contributed by atoms with Gasteiger partial charge in [-0.1, -0.05) is 20.8 Å². The van der Waals surface area contributed by atoms with Crippen LogP contribution in [0, 0.1) is 0 Å². The highest BCUT2D eigenvalue weighted by molar-refractivity contribution is 6.74. The molecule has 1 heterocycles. The Labute approximate surface area is 124 Å². The fourth-order valence-electron chi connectivity index (χ4n) is 1.81. The Balaban J connectivity index is 2.15. The van der Waals surface area contributed by atoms with Crippen molar-refractivity contribution in [1.29, 1.82) is 0 Å². The molecule has 20 heavy (non-hydrogen) atoms. The molecule has 5 heteroatoms. The van der Waals surface area contributed by atoms with Gasteiger partial charge in [0.05, 0.1) is 12.7 Å². The fourth-order valence-corrected chi connectivity index (χ4v) is 2.87. The summed E-state index contributed by atoms with van der Waals surface area (Å²) in [6, 6.07) is 0. The summed E-state index contributed by atoms with van der Waals surface area (Å²) in [6.07, 6.45) is 3.23. The quantitative estimate of drug-likeness (QED) is 0.733. The number of hydrogen-bond acceptors (Lipinski definition) is 4. The molecule has 4 nitrogen and oxygen atoms in total. The highest BCUT2D eigenvalue weighted by Crippen LogP contribution is 2.36. The molecule has 0 aromatic carbocycles. The summed E-state index contributed by atoms with van der Waals surface area (Å²) in [4.78, 5) is 0. The molecule has 0 spiro atoms. The van der Waals surface area contributed by atoms with Gasteiger partial charge in [0.1, 0.15) is 0 Å². The Kier molecular flexibility index (Phi) is 7.15. The van der Waals surface area contributed by atoms with Gasteiger partial charge in [-0.15, -0.1) is 0 Å². The van der Waals surface area contributed by atoms with Crippen LogP contribution in [-0.4, -0.2) is 45.6 Å². The lowest BCUT2D eigenvalue weighted by molar-refractivity contribution is -0.175. The lowest BCUT2D eigenvalue weighted by atomic mass is 10.2. The first kappa shape index (κ1) is 18.1. The topological polar surface area (TPSA) is 47.9 Å². The van der Waals surface area contributed by atoms with E-state index in [-0.39, 0.29) is 11.3 Å². The lowest BCUT2D eigenvalue weighted by Gasteiger charge is -2.36. The van der Waals surface area contributed by atoms with E-state index in [4.69, 9.17) is 13.9 Å². The predicted octanol–water partition coefficient (Wildman–Crippen LogP) is 3.30. The van der Waals surface area contributed by atoms with Crippen LogP contribution in [0.5, 0.6) is 0 Å². The first-order valence-corrected chi connectivity index (χ1v) is 10.7. The van der Waals surface area contributed by atoms with Crippen LogP contribution in [0.25, 0.3) is 0 Å². The molecule has 1 fully saturated rings. The molecule has 0 aromatic heterocycles. The maximum absolute atomic E-state index is 9.93. The highest BCUT2D eigenvalue weighted by Gasteiger charge is 2.36. The van der Waals surface area contributed by atoms with E-state index in [9.17, 15) is 5.11 Å². The zero-order chi connectivity index (χ0) is 15.2. The molecule has 1 unspecified atom stereocenters. The van der Waals surface area contributed by atoms with E-state index in [0.717, 1.165) is 25.9 Å². The smallest absolute Gasteiger partial charge is 0.191 e. The summed E-state index contributed by atoms with van der Waals surface area (Å²) in [6.45, 7) is 12.8. The van der Waals surface area contributed by atoms with Crippen LogP contribution in [0.3, 0.4) is 0 Å². The van der Waals surface area contributed by atoms with Crippen LogP contribution < -0.4 is 0 Å². The Hall–Kier alpha value is 0.0569. The summed E-state index contributed by atoms with van der Waals surface area (Å²) in [5, 5.41) is 10.1. The molecule has 1 rings (SSSR count). The summed E-state index contributed by atoms with van der Waals surface area (Å²) in [5.74, 6) is 0. The van der Waals surface area contributed by atoms with Crippen LogP contribution >= 0.6 is 0 Å². The van der Waals surface area contributed by atoms with Crippen molar-refractivity contribution in [3.8, 4) is 0 Å². The van der Waals surface area contributed by atoms with Gasteiger partial charge in [-0.05, 0) is 43.8 Å². The van der Waals surface area contributed by atoms with E-state index in [1.165, 1.54) is 0 Å². The maximum atomic E-state index is 9.93. The zero-order valence-corrected chi connectivity index (χ0v) is 14.8. The molecule has 1 aliphatic heterocycles. The van der Waals surface area contributed by atoms with E-state index in [0.29, 0.717) is 19.6 Å². The summed E-state index contributed by atoms with van der Waals surface area (Å²) >= 11 is 0. The molecule has 0 amide bonds. The van der Waals surface area contributed by atoms with Gasteiger partial charge in [-0.3, -0.25) is 0 Å². The molecule has 0 saturated carbocycles. The SMILES string of the molecule is CC(C)(C)[Si](C)(C)OCC[C@@H](O)COC1CCCCO1. The molecule has 2 atom stereocenters. The maximum Gasteiger partial charge on any atom is 0.191 e. The van der Waals surface area contributed by atoms with Gasteiger partial charge in [-0.25, -0.2) is 0 Å². The second kappa shape index (κ2) is 7.89. The predicted molar refractivity (Wildman–Crippen MR) is 83.3 cm³/mol. The van der Waals surface area contributed by atoms with Gasteiger partial charge in [-0.2, -0.15) is 0 Å². The van der Waals surface area contributed by atoms with E-state index >= 15 is 0 Å². The van der Waals surface area contributed by atoms with Gasteiger partial charge in [0.25, 0.3) is 0 Å². The molecule has 120 valence electrons. The summed E-state index contributed by atoms with van der Waals surface area (Å²) in [7, 11) is -1.70. The van der Waals surface area contributed by atoms with Crippen molar-refractivity contribution in [3.63, 3.8) is 0 Å². The fraction of sp³-hybridized carbons (Fsp3) is 1.00. The Bertz CT molecular complexity index is 270. The van der Waals surface area contributed by atoms with E-state index in [2.05, 4.69) is 33.9 Å². The van der Waals surface area contributed by atoms with E-state index in [1.54, 1.807) is 0 Å². The molecule has 0 bridgehead atoms. The van der Waals surface area contributed by atoms with Crippen molar-refractivity contribution >= 4 is 8.32 Å². The third-order valence-corrected chi connectivity index (χ3v) is 8.87. The number of aliphatic hydroxyl groups excluding tert-OH is 1. The summed E-state index contributed by atoms with van der Waals surface area (Å²) < 4.78 is 17.1. The van der Waals surface area contributed by atoms with E-state index in [1.807, 2.05) is 0 Å². The molecule has 1 saturated heterocycles. The Morgan fingerprint density at radius 2 is 2.00 bits per heavy atom. The monoisotopic (exact) mass is 304 g/mol. The van der Waals surface area contributed by atoms with Crippen molar-refractivity contribution < 1.29 is 19.0 Å². The average Bonchev–Trinajstić information content (AvgIpc) is 2.36. The Morgan fingerprint density at radius 1 is 1.30 bits per heavy atom. The van der Waals surface area contributed by atoms with Gasteiger partial charge in [0, 0.05) is 13.2 Å². The number of aliphatic hydroxyl groups is 1. The molecule has 0 radical (unpaired) electrons. The molecular formula is C15H32O4Si. The van der Waals surface area contributed by atoms with Crippen molar-refractivity contribution in [1.82, 2.24) is 0 Å². The van der Waals surface area contributed by atoms with Gasteiger partial charge in [0.15, 0.2) is 14.6 Å². The van der Waals surface area contributed by atoms with E-state index < -0.39 is 14.4 Å². The largest absolute Gasteiger partial charge is 0.417 e. The Morgan fingerprint density at radius 3 is 2.55 bits per heavy atom. The van der Waals surface area contributed by atoms with Crippen LogP contribution in [0.2, 0.25) is 18.1 Å². The second-order valence-electron chi connectivity index (χ2n) is 7.18. The average molecular weight is 305 g/mol. The molecular weight excluding hydrogens is 272 g/mol. The second-order valence-corrected chi connectivity index (χ2v) is 12.0. The molecule has 0 aromatic rings. The minimum absolute atomic E-state index is 0.125. The minimum Gasteiger partial charge on any atom is -0.417 e. The first-order chi connectivity index (χ1) is 9.22. The van der Waals surface area contributed by atoms with Crippen LogP contribution in [0.15, 0.2) is 0 Å². The third kappa shape index (κ3) is 6.22. The molecule has 1 N–H and O–H groups in total. The van der Waals surface area contributed by atoms with Gasteiger partial charge >= 0.3 is 0 Å². The van der Waals surface area contributed by atoms with Crippen LogP contribution in [0.4, 0.5) is 0 Å². The first-order valence-electron chi connectivity index (χ1n) is 7.77. The number of rotatable bonds is 7. The molecule has 1 aliphatic rings. The number of ether oxygens (including phenoxy) is 2. The zero-order valence-electron chi connectivity index (χ0n) is 13.8. The molecule has 0 aliphatic carbocycles. The normalized spacial score (nSPS) is 22.8. The third-order valence-electron chi connectivity index (χ3n) is 4.33. The van der Waals surface area contributed by atoms with Crippen molar-refractivity contribution in [2.24, 2.45) is 0 Å². The van der Waals surface area contributed by atoms with Crippen molar-refractivity contribution in [3.05, 3.63) is 0 Å².